The van der Waals surface area contributed by atoms with Gasteiger partial charge in [0.05, 0.1) is 34.4 Å². The van der Waals surface area contributed by atoms with Gasteiger partial charge in [0, 0.05) is 41.3 Å². The van der Waals surface area contributed by atoms with E-state index in [-0.39, 0.29) is 27.4 Å². The maximum absolute atomic E-state index is 13.0. The van der Waals surface area contributed by atoms with E-state index in [4.69, 9.17) is 27.9 Å². The number of carbonyl (C=O) groups is 1. The van der Waals surface area contributed by atoms with Crippen LogP contribution < -0.4 is 4.74 Å². The van der Waals surface area contributed by atoms with Crippen molar-refractivity contribution in [1.29, 1.82) is 0 Å². The number of nitrogens with one attached hydrogen (secondary N) is 1. The van der Waals surface area contributed by atoms with Crippen molar-refractivity contribution in [2.24, 2.45) is 0 Å². The van der Waals surface area contributed by atoms with Crippen molar-refractivity contribution >= 4 is 39.9 Å². The van der Waals surface area contributed by atoms with E-state index < -0.39 is 0 Å². The summed E-state index contributed by atoms with van der Waals surface area (Å²) >= 11 is 12.8. The number of fused-ring (bicyclic) bond motifs is 1. The van der Waals surface area contributed by atoms with Crippen molar-refractivity contribution in [2.75, 3.05) is 7.11 Å². The predicted molar refractivity (Wildman–Crippen MR) is 104 cm³/mol. The summed E-state index contributed by atoms with van der Waals surface area (Å²) in [5.41, 5.74) is 2.90. The number of aromatic nitrogens is 4. The van der Waals surface area contributed by atoms with Crippen molar-refractivity contribution in [3.05, 3.63) is 70.4 Å². The first-order valence-electron chi connectivity index (χ1n) is 7.89. The Hall–Kier alpha value is -2.96. The Morgan fingerprint density at radius 3 is 2.44 bits per heavy atom. The fourth-order valence-electron chi connectivity index (χ4n) is 2.82. The van der Waals surface area contributed by atoms with Gasteiger partial charge in [-0.3, -0.25) is 9.78 Å². The SMILES string of the molecule is COc1ncc(-c2cc(Cl)c(C(=O)c3c[nH]c4cnccc34)c(Cl)c2)cn1. The van der Waals surface area contributed by atoms with Gasteiger partial charge < -0.3 is 9.72 Å². The molecule has 134 valence electrons. The highest BCUT2D eigenvalue weighted by molar-refractivity contribution is 6.42. The summed E-state index contributed by atoms with van der Waals surface area (Å²) in [6.45, 7) is 0. The Morgan fingerprint density at radius 1 is 1.07 bits per heavy atom. The smallest absolute Gasteiger partial charge is 0.316 e. The number of hydrogen-bond donors (Lipinski definition) is 1. The summed E-state index contributed by atoms with van der Waals surface area (Å²) in [5.74, 6) is -0.264. The first-order valence-corrected chi connectivity index (χ1v) is 8.65. The molecular formula is C19H12Cl2N4O2. The lowest BCUT2D eigenvalue weighted by Gasteiger charge is -2.09. The largest absolute Gasteiger partial charge is 0.467 e. The minimum Gasteiger partial charge on any atom is -0.467 e. The summed E-state index contributed by atoms with van der Waals surface area (Å²) in [6.07, 6.45) is 8.11. The second kappa shape index (κ2) is 6.98. The average molecular weight is 399 g/mol. The van der Waals surface area contributed by atoms with Crippen LogP contribution in [0.1, 0.15) is 15.9 Å². The van der Waals surface area contributed by atoms with Crippen LogP contribution in [0.3, 0.4) is 0 Å². The molecule has 0 saturated heterocycles. The van der Waals surface area contributed by atoms with Crippen LogP contribution in [0.2, 0.25) is 10.0 Å². The number of halogens is 2. The second-order valence-electron chi connectivity index (χ2n) is 5.73. The van der Waals surface area contributed by atoms with E-state index in [0.29, 0.717) is 16.7 Å². The molecule has 0 atom stereocenters. The van der Waals surface area contributed by atoms with Crippen molar-refractivity contribution in [1.82, 2.24) is 19.9 Å². The van der Waals surface area contributed by atoms with Gasteiger partial charge in [-0.1, -0.05) is 23.2 Å². The topological polar surface area (TPSA) is 80.8 Å². The van der Waals surface area contributed by atoms with Gasteiger partial charge >= 0.3 is 6.01 Å². The van der Waals surface area contributed by atoms with E-state index in [2.05, 4.69) is 19.9 Å². The number of rotatable bonds is 4. The van der Waals surface area contributed by atoms with Crippen LogP contribution >= 0.6 is 23.2 Å². The lowest BCUT2D eigenvalue weighted by Crippen LogP contribution is -2.03. The van der Waals surface area contributed by atoms with Gasteiger partial charge in [0.25, 0.3) is 0 Å². The molecule has 0 aliphatic carbocycles. The first kappa shape index (κ1) is 17.5. The molecule has 0 unspecified atom stereocenters. The number of ketones is 1. The number of carbonyl (C=O) groups excluding carboxylic acids is 1. The number of hydrogen-bond acceptors (Lipinski definition) is 5. The summed E-state index contributed by atoms with van der Waals surface area (Å²) in [6, 6.07) is 5.37. The number of pyridine rings is 1. The quantitative estimate of drug-likeness (QED) is 0.509. The van der Waals surface area contributed by atoms with Crippen LogP contribution in [-0.2, 0) is 0 Å². The maximum atomic E-state index is 13.0. The third-order valence-corrected chi connectivity index (χ3v) is 4.74. The normalized spacial score (nSPS) is 10.9. The molecule has 1 aromatic carbocycles. The van der Waals surface area contributed by atoms with E-state index in [0.717, 1.165) is 10.9 Å². The molecule has 0 fully saturated rings. The van der Waals surface area contributed by atoms with Gasteiger partial charge in [-0.25, -0.2) is 9.97 Å². The highest BCUT2D eigenvalue weighted by atomic mass is 35.5. The number of H-pyrrole nitrogens is 1. The highest BCUT2D eigenvalue weighted by Gasteiger charge is 2.21. The first-order chi connectivity index (χ1) is 13.1. The van der Waals surface area contributed by atoms with Crippen LogP contribution in [-0.4, -0.2) is 32.8 Å². The molecule has 4 aromatic rings. The van der Waals surface area contributed by atoms with E-state index >= 15 is 0 Å². The van der Waals surface area contributed by atoms with Gasteiger partial charge in [0.1, 0.15) is 0 Å². The molecule has 0 amide bonds. The predicted octanol–water partition coefficient (Wildman–Crippen LogP) is 4.57. The minimum absolute atomic E-state index is 0.245. The monoisotopic (exact) mass is 398 g/mol. The molecule has 3 heterocycles. The van der Waals surface area contributed by atoms with E-state index in [1.165, 1.54) is 7.11 Å². The third kappa shape index (κ3) is 3.13. The van der Waals surface area contributed by atoms with Gasteiger partial charge in [-0.05, 0) is 23.8 Å². The zero-order chi connectivity index (χ0) is 19.0. The number of methoxy groups -OCH3 is 1. The van der Waals surface area contributed by atoms with Crippen LogP contribution in [0.15, 0.2) is 49.2 Å². The Balaban J connectivity index is 1.76. The molecule has 8 heteroatoms. The lowest BCUT2D eigenvalue weighted by atomic mass is 10.00. The van der Waals surface area contributed by atoms with Crippen LogP contribution in [0.5, 0.6) is 6.01 Å². The molecule has 27 heavy (non-hydrogen) atoms. The zero-order valence-electron chi connectivity index (χ0n) is 14.0. The Kier molecular flexibility index (Phi) is 4.51. The van der Waals surface area contributed by atoms with Gasteiger partial charge in [-0.2, -0.15) is 0 Å². The summed E-state index contributed by atoms with van der Waals surface area (Å²) in [7, 11) is 1.49. The molecule has 6 nitrogen and oxygen atoms in total. The van der Waals surface area contributed by atoms with Crippen molar-refractivity contribution in [2.45, 2.75) is 0 Å². The fraction of sp³-hybridized carbons (Fsp3) is 0.0526. The Morgan fingerprint density at radius 2 is 1.78 bits per heavy atom. The van der Waals surface area contributed by atoms with Crippen LogP contribution in [0.4, 0.5) is 0 Å². The number of nitrogens with zero attached hydrogens (tertiary/aromatic N) is 3. The molecule has 4 rings (SSSR count). The molecule has 0 bridgehead atoms. The third-order valence-electron chi connectivity index (χ3n) is 4.14. The average Bonchev–Trinajstić information content (AvgIpc) is 3.11. The molecule has 0 aliphatic rings. The van der Waals surface area contributed by atoms with E-state index in [1.54, 1.807) is 49.2 Å². The summed E-state index contributed by atoms with van der Waals surface area (Å²) < 4.78 is 4.95. The lowest BCUT2D eigenvalue weighted by molar-refractivity contribution is 0.104. The summed E-state index contributed by atoms with van der Waals surface area (Å²) in [4.78, 5) is 28.2. The number of aromatic amines is 1. The highest BCUT2D eigenvalue weighted by Crippen LogP contribution is 2.34. The Labute approximate surface area is 164 Å². The van der Waals surface area contributed by atoms with Gasteiger partial charge in [0.2, 0.25) is 0 Å². The van der Waals surface area contributed by atoms with Crippen molar-refractivity contribution in [3.63, 3.8) is 0 Å². The molecule has 0 saturated carbocycles. The van der Waals surface area contributed by atoms with E-state index in [9.17, 15) is 4.79 Å². The van der Waals surface area contributed by atoms with Crippen LogP contribution in [0, 0.1) is 0 Å². The minimum atomic E-state index is -0.264. The molecule has 0 spiro atoms. The second-order valence-corrected chi connectivity index (χ2v) is 6.54. The number of ether oxygens (including phenoxy) is 1. The van der Waals surface area contributed by atoms with Crippen LogP contribution in [0.25, 0.3) is 22.0 Å². The van der Waals surface area contributed by atoms with Crippen molar-refractivity contribution in [3.8, 4) is 17.1 Å². The Bertz CT molecular complexity index is 1130. The summed E-state index contributed by atoms with van der Waals surface area (Å²) in [5, 5.41) is 1.26. The van der Waals surface area contributed by atoms with Gasteiger partial charge in [-0.15, -0.1) is 0 Å². The molecule has 0 radical (unpaired) electrons. The molecule has 0 aliphatic heterocycles. The molecular weight excluding hydrogens is 387 g/mol. The fourth-order valence-corrected chi connectivity index (χ4v) is 3.48. The van der Waals surface area contributed by atoms with Gasteiger partial charge in [0.15, 0.2) is 5.78 Å². The number of benzene rings is 1. The standard InChI is InChI=1S/C19H12Cl2N4O2/c1-27-19-24-6-11(7-25-19)10-4-14(20)17(15(21)5-10)18(26)13-8-23-16-9-22-3-2-12(13)16/h2-9,23H,1H3. The maximum Gasteiger partial charge on any atom is 0.316 e. The molecule has 1 N–H and O–H groups in total. The van der Waals surface area contributed by atoms with E-state index in [1.807, 2.05) is 0 Å². The van der Waals surface area contributed by atoms with Crippen molar-refractivity contribution < 1.29 is 9.53 Å². The molecule has 3 aromatic heterocycles. The zero-order valence-corrected chi connectivity index (χ0v) is 15.5.